The van der Waals surface area contributed by atoms with Crippen LogP contribution in [0.25, 0.3) is 0 Å². The molecule has 0 fully saturated rings. The van der Waals surface area contributed by atoms with Crippen molar-refractivity contribution in [2.24, 2.45) is 0 Å². The molecule has 0 saturated heterocycles. The van der Waals surface area contributed by atoms with Crippen molar-refractivity contribution in [3.05, 3.63) is 28.0 Å². The van der Waals surface area contributed by atoms with Crippen LogP contribution in [0.1, 0.15) is 11.7 Å². The quantitative estimate of drug-likeness (QED) is 0.884. The van der Waals surface area contributed by atoms with E-state index in [-0.39, 0.29) is 15.8 Å². The van der Waals surface area contributed by atoms with E-state index >= 15 is 0 Å². The molecule has 15 heavy (non-hydrogen) atoms. The van der Waals surface area contributed by atoms with Crippen molar-refractivity contribution in [3.63, 3.8) is 0 Å². The second-order valence-electron chi connectivity index (χ2n) is 2.72. The van der Waals surface area contributed by atoms with Crippen LogP contribution in [0, 0.1) is 5.82 Å². The van der Waals surface area contributed by atoms with Gasteiger partial charge in [0.2, 0.25) is 0 Å². The number of ether oxygens (including phenoxy) is 1. The number of hydrogen-bond acceptors (Lipinski definition) is 3. The third kappa shape index (κ3) is 2.27. The number of carboxylic acids is 1. The molecule has 0 saturated carbocycles. The van der Waals surface area contributed by atoms with Gasteiger partial charge < -0.3 is 14.9 Å². The topological polar surface area (TPSA) is 66.8 Å². The largest absolute Gasteiger partial charge is 0.493 e. The lowest BCUT2D eigenvalue weighted by Gasteiger charge is -2.12. The van der Waals surface area contributed by atoms with Gasteiger partial charge in [0.15, 0.2) is 17.7 Å². The Morgan fingerprint density at radius 3 is 2.67 bits per heavy atom. The van der Waals surface area contributed by atoms with Gasteiger partial charge in [0, 0.05) is 5.56 Å². The predicted octanol–water partition coefficient (Wildman–Crippen LogP) is 1.71. The summed E-state index contributed by atoms with van der Waals surface area (Å²) < 4.78 is 18.2. The number of aliphatic carboxylic acids is 1. The SMILES string of the molecule is COc1c(C(O)C(=O)O)ccc(Br)c1F. The summed E-state index contributed by atoms with van der Waals surface area (Å²) >= 11 is 2.92. The van der Waals surface area contributed by atoms with E-state index in [9.17, 15) is 14.3 Å². The van der Waals surface area contributed by atoms with Crippen molar-refractivity contribution in [1.82, 2.24) is 0 Å². The summed E-state index contributed by atoms with van der Waals surface area (Å²) in [5.41, 5.74) is -0.120. The van der Waals surface area contributed by atoms with Gasteiger partial charge in [0.1, 0.15) is 0 Å². The molecule has 1 aromatic carbocycles. The Morgan fingerprint density at radius 2 is 2.20 bits per heavy atom. The Labute approximate surface area is 93.4 Å². The Balaban J connectivity index is 3.30. The molecule has 0 spiro atoms. The average Bonchev–Trinajstić information content (AvgIpc) is 2.20. The Hall–Kier alpha value is -1.14. The van der Waals surface area contributed by atoms with Gasteiger partial charge in [-0.15, -0.1) is 0 Å². The highest BCUT2D eigenvalue weighted by Gasteiger charge is 2.23. The fraction of sp³-hybridized carbons (Fsp3) is 0.222. The summed E-state index contributed by atoms with van der Waals surface area (Å²) in [4.78, 5) is 10.5. The molecule has 1 atom stereocenters. The molecule has 0 aliphatic carbocycles. The number of aliphatic hydroxyl groups is 1. The first-order valence-corrected chi connectivity index (χ1v) is 4.71. The number of halogens is 2. The Kier molecular flexibility index (Phi) is 3.65. The van der Waals surface area contributed by atoms with E-state index in [1.165, 1.54) is 19.2 Å². The molecule has 0 bridgehead atoms. The van der Waals surface area contributed by atoms with Crippen molar-refractivity contribution < 1.29 is 24.1 Å². The van der Waals surface area contributed by atoms with Crippen LogP contribution in [0.3, 0.4) is 0 Å². The predicted molar refractivity (Wildman–Crippen MR) is 53.2 cm³/mol. The average molecular weight is 279 g/mol. The van der Waals surface area contributed by atoms with Gasteiger partial charge in [0.05, 0.1) is 11.6 Å². The summed E-state index contributed by atoms with van der Waals surface area (Å²) in [5, 5.41) is 17.8. The van der Waals surface area contributed by atoms with Gasteiger partial charge in [-0.05, 0) is 22.0 Å². The smallest absolute Gasteiger partial charge is 0.337 e. The summed E-state index contributed by atoms with van der Waals surface area (Å²) in [6.45, 7) is 0. The molecule has 82 valence electrons. The second kappa shape index (κ2) is 4.59. The molecule has 0 aliphatic rings. The van der Waals surface area contributed by atoms with Crippen molar-refractivity contribution in [2.45, 2.75) is 6.10 Å². The van der Waals surface area contributed by atoms with Crippen molar-refractivity contribution in [3.8, 4) is 5.75 Å². The number of aliphatic hydroxyl groups excluding tert-OH is 1. The molecular formula is C9H8BrFO4. The standard InChI is InChI=1S/C9H8BrFO4/c1-15-8-4(7(12)9(13)14)2-3-5(10)6(8)11/h2-3,7,12H,1H3,(H,13,14). The molecule has 4 nitrogen and oxygen atoms in total. The summed E-state index contributed by atoms with van der Waals surface area (Å²) in [6, 6.07) is 2.59. The highest BCUT2D eigenvalue weighted by Crippen LogP contribution is 2.32. The van der Waals surface area contributed by atoms with Crippen LogP contribution in [-0.2, 0) is 4.79 Å². The molecule has 0 aliphatic heterocycles. The molecule has 1 rings (SSSR count). The first-order valence-electron chi connectivity index (χ1n) is 3.91. The van der Waals surface area contributed by atoms with Crippen LogP contribution < -0.4 is 4.74 Å². The minimum absolute atomic E-state index is 0.120. The zero-order chi connectivity index (χ0) is 11.6. The molecule has 1 aromatic rings. The molecule has 2 N–H and O–H groups in total. The van der Waals surface area contributed by atoms with Gasteiger partial charge >= 0.3 is 5.97 Å². The van der Waals surface area contributed by atoms with E-state index in [0.29, 0.717) is 0 Å². The van der Waals surface area contributed by atoms with Gasteiger partial charge in [-0.2, -0.15) is 0 Å². The number of benzene rings is 1. The maximum absolute atomic E-state index is 13.4. The molecular weight excluding hydrogens is 271 g/mol. The third-order valence-electron chi connectivity index (χ3n) is 1.81. The van der Waals surface area contributed by atoms with Gasteiger partial charge in [-0.3, -0.25) is 0 Å². The monoisotopic (exact) mass is 278 g/mol. The molecule has 0 radical (unpaired) electrons. The lowest BCUT2D eigenvalue weighted by molar-refractivity contribution is -0.147. The van der Waals surface area contributed by atoms with E-state index in [2.05, 4.69) is 15.9 Å². The van der Waals surface area contributed by atoms with Crippen LogP contribution in [0.2, 0.25) is 0 Å². The van der Waals surface area contributed by atoms with E-state index in [4.69, 9.17) is 9.84 Å². The van der Waals surface area contributed by atoms with Crippen LogP contribution in [0.4, 0.5) is 4.39 Å². The number of hydrogen-bond donors (Lipinski definition) is 2. The first-order chi connectivity index (χ1) is 6.99. The van der Waals surface area contributed by atoms with E-state index in [1.807, 2.05) is 0 Å². The minimum Gasteiger partial charge on any atom is -0.493 e. The molecule has 0 heterocycles. The number of carboxylic acid groups (broad SMARTS) is 1. The summed E-state index contributed by atoms with van der Waals surface area (Å²) in [7, 11) is 1.20. The Bertz CT molecular complexity index is 394. The summed E-state index contributed by atoms with van der Waals surface area (Å²) in [5.74, 6) is -2.48. The van der Waals surface area contributed by atoms with Gasteiger partial charge in [-0.1, -0.05) is 6.07 Å². The molecule has 1 unspecified atom stereocenters. The molecule has 0 aromatic heterocycles. The third-order valence-corrected chi connectivity index (χ3v) is 2.43. The van der Waals surface area contributed by atoms with Gasteiger partial charge in [-0.25, -0.2) is 9.18 Å². The zero-order valence-corrected chi connectivity index (χ0v) is 9.28. The van der Waals surface area contributed by atoms with Crippen LogP contribution >= 0.6 is 15.9 Å². The highest BCUT2D eigenvalue weighted by molar-refractivity contribution is 9.10. The fourth-order valence-corrected chi connectivity index (χ4v) is 1.42. The van der Waals surface area contributed by atoms with E-state index in [1.54, 1.807) is 0 Å². The molecule has 6 heteroatoms. The fourth-order valence-electron chi connectivity index (χ4n) is 1.10. The lowest BCUT2D eigenvalue weighted by atomic mass is 10.1. The van der Waals surface area contributed by atoms with Crippen LogP contribution in [0.15, 0.2) is 16.6 Å². The van der Waals surface area contributed by atoms with E-state index < -0.39 is 17.9 Å². The van der Waals surface area contributed by atoms with E-state index in [0.717, 1.165) is 0 Å². The minimum atomic E-state index is -1.80. The van der Waals surface area contributed by atoms with Gasteiger partial charge in [0.25, 0.3) is 0 Å². The maximum atomic E-state index is 13.4. The van der Waals surface area contributed by atoms with Crippen molar-refractivity contribution >= 4 is 21.9 Å². The number of carbonyl (C=O) groups is 1. The Morgan fingerprint density at radius 1 is 1.60 bits per heavy atom. The summed E-state index contributed by atoms with van der Waals surface area (Å²) in [6.07, 6.45) is -1.80. The van der Waals surface area contributed by atoms with Crippen molar-refractivity contribution in [1.29, 1.82) is 0 Å². The second-order valence-corrected chi connectivity index (χ2v) is 3.58. The normalized spacial score (nSPS) is 12.3. The number of rotatable bonds is 3. The highest BCUT2D eigenvalue weighted by atomic mass is 79.9. The zero-order valence-electron chi connectivity index (χ0n) is 7.70. The number of methoxy groups -OCH3 is 1. The molecule has 0 amide bonds. The van der Waals surface area contributed by atoms with Crippen LogP contribution in [0.5, 0.6) is 5.75 Å². The lowest BCUT2D eigenvalue weighted by Crippen LogP contribution is -2.12. The van der Waals surface area contributed by atoms with Crippen LogP contribution in [-0.4, -0.2) is 23.3 Å². The van der Waals surface area contributed by atoms with Crippen molar-refractivity contribution in [2.75, 3.05) is 7.11 Å². The maximum Gasteiger partial charge on any atom is 0.337 e. The first kappa shape index (κ1) is 11.9.